The van der Waals surface area contributed by atoms with Crippen LogP contribution in [-0.2, 0) is 11.3 Å². The second kappa shape index (κ2) is 5.69. The highest BCUT2D eigenvalue weighted by Gasteiger charge is 2.09. The topological polar surface area (TPSA) is 34.0 Å². The summed E-state index contributed by atoms with van der Waals surface area (Å²) in [6.45, 7) is 0.133. The first-order valence-electron chi connectivity index (χ1n) is 6.42. The number of rotatable bonds is 3. The van der Waals surface area contributed by atoms with Crippen molar-refractivity contribution in [1.82, 2.24) is 4.57 Å². The van der Waals surface area contributed by atoms with E-state index in [0.29, 0.717) is 0 Å². The zero-order valence-electron chi connectivity index (χ0n) is 11.0. The van der Waals surface area contributed by atoms with E-state index in [0.717, 1.165) is 15.4 Å². The second-order valence-electron chi connectivity index (χ2n) is 4.67. The number of carbonyl (C=O) groups is 1. The Labute approximate surface area is 129 Å². The molecule has 3 rings (SSSR count). The summed E-state index contributed by atoms with van der Waals surface area (Å²) in [6, 6.07) is 13.9. The average molecular weight is 347 g/mol. The fourth-order valence-corrected chi connectivity index (χ4v) is 2.55. The van der Waals surface area contributed by atoms with Crippen LogP contribution in [0.1, 0.15) is 0 Å². The van der Waals surface area contributed by atoms with Gasteiger partial charge >= 0.3 is 0 Å². The van der Waals surface area contributed by atoms with Crippen molar-refractivity contribution in [2.75, 3.05) is 5.32 Å². The lowest BCUT2D eigenvalue weighted by Crippen LogP contribution is -2.18. The molecule has 0 aliphatic carbocycles. The molecular weight excluding hydrogens is 335 g/mol. The molecule has 21 heavy (non-hydrogen) atoms. The van der Waals surface area contributed by atoms with E-state index >= 15 is 0 Å². The summed E-state index contributed by atoms with van der Waals surface area (Å²) in [4.78, 5) is 12.1. The number of aromatic nitrogens is 1. The fourth-order valence-electron chi connectivity index (χ4n) is 2.20. The van der Waals surface area contributed by atoms with Gasteiger partial charge in [-0.15, -0.1) is 0 Å². The van der Waals surface area contributed by atoms with Crippen molar-refractivity contribution in [2.45, 2.75) is 6.54 Å². The predicted octanol–water partition coefficient (Wildman–Crippen LogP) is 4.18. The molecule has 0 unspecified atom stereocenters. The molecule has 0 spiro atoms. The maximum atomic E-state index is 13.5. The highest BCUT2D eigenvalue weighted by molar-refractivity contribution is 9.10. The largest absolute Gasteiger partial charge is 0.338 e. The fraction of sp³-hybridized carbons (Fsp3) is 0.0625. The van der Waals surface area contributed by atoms with Crippen LogP contribution in [0.3, 0.4) is 0 Å². The molecule has 0 saturated heterocycles. The number of benzene rings is 2. The monoisotopic (exact) mass is 346 g/mol. The van der Waals surface area contributed by atoms with Crippen LogP contribution in [0.15, 0.2) is 59.2 Å². The first-order chi connectivity index (χ1) is 10.1. The second-order valence-corrected chi connectivity index (χ2v) is 5.59. The molecule has 3 aromatic rings. The zero-order chi connectivity index (χ0) is 14.8. The number of hydrogen-bond acceptors (Lipinski definition) is 1. The maximum absolute atomic E-state index is 13.5. The number of fused-ring (bicyclic) bond motifs is 1. The minimum absolute atomic E-state index is 0.133. The predicted molar refractivity (Wildman–Crippen MR) is 84.7 cm³/mol. The van der Waals surface area contributed by atoms with Crippen molar-refractivity contribution in [3.63, 3.8) is 0 Å². The number of para-hydroxylation sites is 1. The van der Waals surface area contributed by atoms with Crippen molar-refractivity contribution < 1.29 is 9.18 Å². The Kier molecular flexibility index (Phi) is 3.75. The molecular formula is C16H12BrFN2O. The normalized spacial score (nSPS) is 10.8. The Morgan fingerprint density at radius 2 is 2.00 bits per heavy atom. The van der Waals surface area contributed by atoms with Crippen molar-refractivity contribution >= 4 is 38.4 Å². The van der Waals surface area contributed by atoms with E-state index in [-0.39, 0.29) is 18.1 Å². The van der Waals surface area contributed by atoms with Gasteiger partial charge in [0.25, 0.3) is 0 Å². The molecule has 0 fully saturated rings. The Morgan fingerprint density at radius 1 is 1.19 bits per heavy atom. The summed E-state index contributed by atoms with van der Waals surface area (Å²) >= 11 is 3.42. The van der Waals surface area contributed by atoms with E-state index in [1.165, 1.54) is 12.1 Å². The van der Waals surface area contributed by atoms with Gasteiger partial charge in [0.05, 0.1) is 5.69 Å². The summed E-state index contributed by atoms with van der Waals surface area (Å²) in [5.41, 5.74) is 1.15. The quantitative estimate of drug-likeness (QED) is 0.758. The molecule has 3 nitrogen and oxygen atoms in total. The Hall–Kier alpha value is -2.14. The van der Waals surface area contributed by atoms with Crippen molar-refractivity contribution in [1.29, 1.82) is 0 Å². The van der Waals surface area contributed by atoms with E-state index in [1.807, 2.05) is 35.0 Å². The molecule has 106 valence electrons. The number of nitrogens with one attached hydrogen (secondary N) is 1. The van der Waals surface area contributed by atoms with Crippen LogP contribution in [0.25, 0.3) is 10.9 Å². The van der Waals surface area contributed by atoms with Crippen LogP contribution in [0.4, 0.5) is 10.1 Å². The minimum atomic E-state index is -0.439. The smallest absolute Gasteiger partial charge is 0.244 e. The molecule has 0 radical (unpaired) electrons. The van der Waals surface area contributed by atoms with Gasteiger partial charge in [-0.1, -0.05) is 34.1 Å². The first kappa shape index (κ1) is 13.8. The number of anilines is 1. The summed E-state index contributed by atoms with van der Waals surface area (Å²) in [7, 11) is 0. The van der Waals surface area contributed by atoms with E-state index in [4.69, 9.17) is 0 Å². The first-order valence-corrected chi connectivity index (χ1v) is 7.21. The molecule has 1 aromatic heterocycles. The van der Waals surface area contributed by atoms with Gasteiger partial charge in [0.1, 0.15) is 12.4 Å². The van der Waals surface area contributed by atoms with E-state index in [9.17, 15) is 9.18 Å². The molecule has 1 N–H and O–H groups in total. The third-order valence-electron chi connectivity index (χ3n) is 3.20. The van der Waals surface area contributed by atoms with Crippen LogP contribution in [-0.4, -0.2) is 10.5 Å². The highest BCUT2D eigenvalue weighted by Crippen LogP contribution is 2.21. The van der Waals surface area contributed by atoms with E-state index in [2.05, 4.69) is 21.2 Å². The Balaban J connectivity index is 1.80. The van der Waals surface area contributed by atoms with Gasteiger partial charge in [-0.3, -0.25) is 4.79 Å². The zero-order valence-corrected chi connectivity index (χ0v) is 12.6. The molecule has 0 aliphatic rings. The third kappa shape index (κ3) is 2.97. The third-order valence-corrected chi connectivity index (χ3v) is 3.69. The maximum Gasteiger partial charge on any atom is 0.244 e. The van der Waals surface area contributed by atoms with E-state index < -0.39 is 5.82 Å². The summed E-state index contributed by atoms with van der Waals surface area (Å²) in [6.07, 6.45) is 1.85. The van der Waals surface area contributed by atoms with Gasteiger partial charge in [0.2, 0.25) is 5.91 Å². The van der Waals surface area contributed by atoms with Crippen LogP contribution >= 0.6 is 15.9 Å². The number of amides is 1. The lowest BCUT2D eigenvalue weighted by molar-refractivity contribution is -0.116. The van der Waals surface area contributed by atoms with Crippen LogP contribution in [0.2, 0.25) is 0 Å². The van der Waals surface area contributed by atoms with Gasteiger partial charge in [-0.2, -0.15) is 0 Å². The van der Waals surface area contributed by atoms with Gasteiger partial charge in [0, 0.05) is 16.2 Å². The van der Waals surface area contributed by atoms with Gasteiger partial charge in [-0.25, -0.2) is 4.39 Å². The molecule has 0 aliphatic heterocycles. The van der Waals surface area contributed by atoms with E-state index in [1.54, 1.807) is 12.1 Å². The van der Waals surface area contributed by atoms with Gasteiger partial charge < -0.3 is 9.88 Å². The summed E-state index contributed by atoms with van der Waals surface area (Å²) in [5, 5.41) is 3.63. The standard InChI is InChI=1S/C16H12BrFN2O/c17-12-6-5-11-7-8-20(15(11)9-12)10-16(21)19-14-4-2-1-3-13(14)18/h1-9H,10H2,(H,19,21). The van der Waals surface area contributed by atoms with Crippen molar-refractivity contribution in [3.8, 4) is 0 Å². The van der Waals surface area contributed by atoms with Crippen LogP contribution < -0.4 is 5.32 Å². The number of carbonyl (C=O) groups excluding carboxylic acids is 1. The van der Waals surface area contributed by atoms with Gasteiger partial charge in [0.15, 0.2) is 0 Å². The van der Waals surface area contributed by atoms with Crippen molar-refractivity contribution in [3.05, 3.63) is 65.0 Å². The highest BCUT2D eigenvalue weighted by atomic mass is 79.9. The molecule has 2 aromatic carbocycles. The number of halogens is 2. The lowest BCUT2D eigenvalue weighted by atomic mass is 10.2. The Bertz CT molecular complexity index is 813. The molecule has 0 saturated carbocycles. The lowest BCUT2D eigenvalue weighted by Gasteiger charge is -2.08. The number of hydrogen-bond donors (Lipinski definition) is 1. The number of nitrogens with zero attached hydrogens (tertiary/aromatic N) is 1. The Morgan fingerprint density at radius 3 is 2.81 bits per heavy atom. The molecule has 0 atom stereocenters. The van der Waals surface area contributed by atoms with Gasteiger partial charge in [-0.05, 0) is 35.7 Å². The summed E-state index contributed by atoms with van der Waals surface area (Å²) in [5.74, 6) is -0.705. The molecule has 1 heterocycles. The molecule has 1 amide bonds. The summed E-state index contributed by atoms with van der Waals surface area (Å²) < 4.78 is 16.3. The minimum Gasteiger partial charge on any atom is -0.338 e. The van der Waals surface area contributed by atoms with Crippen LogP contribution in [0, 0.1) is 5.82 Å². The molecule has 0 bridgehead atoms. The average Bonchev–Trinajstić information content (AvgIpc) is 2.84. The van der Waals surface area contributed by atoms with Crippen LogP contribution in [0.5, 0.6) is 0 Å². The van der Waals surface area contributed by atoms with Crippen molar-refractivity contribution in [2.24, 2.45) is 0 Å². The SMILES string of the molecule is O=C(Cn1ccc2ccc(Br)cc21)Nc1ccccc1F. The molecule has 5 heteroatoms.